The Morgan fingerprint density at radius 1 is 1.11 bits per heavy atom. The largest absolute Gasteiger partial charge is 0.449 e. The van der Waals surface area contributed by atoms with Crippen molar-refractivity contribution in [3.8, 4) is 0 Å². The number of aryl methyl sites for hydroxylation is 1. The maximum absolute atomic E-state index is 13.5. The van der Waals surface area contributed by atoms with Crippen LogP contribution in [0, 0.1) is 0 Å². The normalized spacial score (nSPS) is 12.9. The van der Waals surface area contributed by atoms with Gasteiger partial charge in [0.2, 0.25) is 5.82 Å². The van der Waals surface area contributed by atoms with Crippen molar-refractivity contribution in [3.05, 3.63) is 30.1 Å². The summed E-state index contributed by atoms with van der Waals surface area (Å²) in [5.41, 5.74) is 6.67. The fourth-order valence-electron chi connectivity index (χ4n) is 3.10. The highest BCUT2D eigenvalue weighted by atomic mass is 32.2. The molecule has 10 heteroatoms. The Bertz CT molecular complexity index is 1090. The number of nitrogens with two attached hydrogens (primary N) is 1. The number of para-hydroxylation sites is 1. The summed E-state index contributed by atoms with van der Waals surface area (Å²) in [6.07, 6.45) is -2.22. The third-order valence-corrected chi connectivity index (χ3v) is 5.29. The molecule has 0 saturated heterocycles. The van der Waals surface area contributed by atoms with Crippen molar-refractivity contribution in [1.29, 1.82) is 0 Å². The van der Waals surface area contributed by atoms with Crippen LogP contribution in [-0.4, -0.2) is 35.0 Å². The third kappa shape index (κ3) is 4.15. The van der Waals surface area contributed by atoms with Crippen molar-refractivity contribution in [3.63, 3.8) is 0 Å². The van der Waals surface area contributed by atoms with Crippen molar-refractivity contribution in [2.24, 2.45) is 0 Å². The average Bonchev–Trinajstić information content (AvgIpc) is 2.94. The number of unbranched alkanes of at least 4 members (excludes halogenated alkanes) is 2. The van der Waals surface area contributed by atoms with E-state index < -0.39 is 21.8 Å². The van der Waals surface area contributed by atoms with Gasteiger partial charge in [0.25, 0.3) is 0 Å². The Kier molecular flexibility index (Phi) is 5.02. The molecule has 0 aliphatic carbocycles. The molecule has 0 bridgehead atoms. The van der Waals surface area contributed by atoms with Crippen LogP contribution in [0.1, 0.15) is 25.1 Å². The summed E-state index contributed by atoms with van der Waals surface area (Å²) >= 11 is 0. The molecule has 1 aromatic carbocycles. The second-order valence-corrected chi connectivity index (χ2v) is 8.75. The van der Waals surface area contributed by atoms with Gasteiger partial charge in [0.15, 0.2) is 5.82 Å². The Morgan fingerprint density at radius 2 is 1.81 bits per heavy atom. The predicted molar refractivity (Wildman–Crippen MR) is 98.0 cm³/mol. The van der Waals surface area contributed by atoms with Gasteiger partial charge in [0.05, 0.1) is 11.0 Å². The monoisotopic (exact) mass is 400 g/mol. The summed E-state index contributed by atoms with van der Waals surface area (Å²) in [6.45, 7) is 0.0581. The molecule has 0 fully saturated rings. The highest BCUT2D eigenvalue weighted by molar-refractivity contribution is 7.90. The van der Waals surface area contributed by atoms with Crippen LogP contribution in [-0.2, 0) is 22.6 Å². The number of nitrogen functional groups attached to an aromatic ring is 1. The molecule has 2 aromatic heterocycles. The summed E-state index contributed by atoms with van der Waals surface area (Å²) < 4.78 is 64.1. The van der Waals surface area contributed by atoms with Crippen molar-refractivity contribution in [1.82, 2.24) is 14.5 Å². The van der Waals surface area contributed by atoms with Gasteiger partial charge in [-0.3, -0.25) is 0 Å². The van der Waals surface area contributed by atoms with Gasteiger partial charge in [-0.1, -0.05) is 24.6 Å². The number of hydrogen-bond acceptors (Lipinski definition) is 5. The number of pyridine rings is 1. The van der Waals surface area contributed by atoms with E-state index in [4.69, 9.17) is 5.73 Å². The lowest BCUT2D eigenvalue weighted by Gasteiger charge is -2.12. The van der Waals surface area contributed by atoms with E-state index >= 15 is 0 Å². The molecule has 27 heavy (non-hydrogen) atoms. The SMILES string of the molecule is CS(=O)(=O)CCCCCn1c(C(F)(F)F)nc2c(N)nc3ccccc3c21. The molecule has 3 rings (SSSR count). The number of imidazole rings is 1. The van der Waals surface area contributed by atoms with Crippen molar-refractivity contribution in [2.75, 3.05) is 17.7 Å². The molecule has 0 aliphatic rings. The standard InChI is InChI=1S/C17H19F3N4O2S/c1-27(25,26)10-6-2-5-9-24-14-11-7-3-4-8-12(11)22-15(21)13(14)23-16(24)17(18,19)20/h3-4,7-8H,2,5-6,9-10H2,1H3,(H2,21,22). The van der Waals surface area contributed by atoms with Gasteiger partial charge in [-0.25, -0.2) is 18.4 Å². The van der Waals surface area contributed by atoms with Gasteiger partial charge in [0, 0.05) is 23.9 Å². The lowest BCUT2D eigenvalue weighted by atomic mass is 10.2. The Hall–Kier alpha value is -2.36. The summed E-state index contributed by atoms with van der Waals surface area (Å²) in [7, 11) is -3.08. The molecule has 0 spiro atoms. The molecular formula is C17H19F3N4O2S. The Labute approximate surface area is 154 Å². The second-order valence-electron chi connectivity index (χ2n) is 6.49. The van der Waals surface area contributed by atoms with Crippen LogP contribution in [0.4, 0.5) is 19.0 Å². The molecule has 0 unspecified atom stereocenters. The van der Waals surface area contributed by atoms with E-state index in [-0.39, 0.29) is 23.6 Å². The molecule has 3 aromatic rings. The lowest BCUT2D eigenvalue weighted by molar-refractivity contribution is -0.146. The minimum atomic E-state index is -4.64. The van der Waals surface area contributed by atoms with Crippen LogP contribution in [0.15, 0.2) is 24.3 Å². The fourth-order valence-corrected chi connectivity index (χ4v) is 3.83. The van der Waals surface area contributed by atoms with Gasteiger partial charge in [-0.05, 0) is 18.9 Å². The van der Waals surface area contributed by atoms with Gasteiger partial charge in [0.1, 0.15) is 15.4 Å². The van der Waals surface area contributed by atoms with E-state index in [0.29, 0.717) is 35.7 Å². The summed E-state index contributed by atoms with van der Waals surface area (Å²) in [4.78, 5) is 7.87. The van der Waals surface area contributed by atoms with E-state index in [9.17, 15) is 21.6 Å². The molecule has 0 saturated carbocycles. The average molecular weight is 400 g/mol. The van der Waals surface area contributed by atoms with E-state index in [1.165, 1.54) is 0 Å². The number of hydrogen-bond donors (Lipinski definition) is 1. The lowest BCUT2D eigenvalue weighted by Crippen LogP contribution is -2.15. The number of sulfone groups is 1. The van der Waals surface area contributed by atoms with E-state index in [2.05, 4.69) is 9.97 Å². The van der Waals surface area contributed by atoms with Gasteiger partial charge >= 0.3 is 6.18 Å². The summed E-state index contributed by atoms with van der Waals surface area (Å²) in [6, 6.07) is 6.82. The van der Waals surface area contributed by atoms with E-state index in [0.717, 1.165) is 10.8 Å². The summed E-state index contributed by atoms with van der Waals surface area (Å²) in [5.74, 6) is -1.06. The second kappa shape index (κ2) is 6.99. The minimum absolute atomic E-state index is 0.0175. The first-order valence-corrected chi connectivity index (χ1v) is 10.4. The van der Waals surface area contributed by atoms with Crippen LogP contribution in [0.2, 0.25) is 0 Å². The fraction of sp³-hybridized carbons (Fsp3) is 0.412. The Morgan fingerprint density at radius 3 is 2.48 bits per heavy atom. The van der Waals surface area contributed by atoms with Crippen LogP contribution in [0.5, 0.6) is 0 Å². The molecule has 2 N–H and O–H groups in total. The van der Waals surface area contributed by atoms with Gasteiger partial charge < -0.3 is 10.3 Å². The van der Waals surface area contributed by atoms with Crippen molar-refractivity contribution < 1.29 is 21.6 Å². The summed E-state index contributed by atoms with van der Waals surface area (Å²) in [5, 5.41) is 0.542. The van der Waals surface area contributed by atoms with E-state index in [1.807, 2.05) is 0 Å². The predicted octanol–water partition coefficient (Wildman–Crippen LogP) is 3.40. The van der Waals surface area contributed by atoms with E-state index in [1.54, 1.807) is 24.3 Å². The first kappa shape index (κ1) is 19.4. The molecule has 146 valence electrons. The minimum Gasteiger partial charge on any atom is -0.382 e. The van der Waals surface area contributed by atoms with Crippen LogP contribution in [0.3, 0.4) is 0 Å². The van der Waals surface area contributed by atoms with Crippen LogP contribution < -0.4 is 5.73 Å². The van der Waals surface area contributed by atoms with Gasteiger partial charge in [-0.2, -0.15) is 13.2 Å². The molecule has 0 atom stereocenters. The number of aromatic nitrogens is 3. The van der Waals surface area contributed by atoms with Crippen molar-refractivity contribution >= 4 is 37.6 Å². The zero-order valence-corrected chi connectivity index (χ0v) is 15.4. The topological polar surface area (TPSA) is 90.9 Å². The highest BCUT2D eigenvalue weighted by Crippen LogP contribution is 2.35. The van der Waals surface area contributed by atoms with Gasteiger partial charge in [-0.15, -0.1) is 0 Å². The third-order valence-electron chi connectivity index (χ3n) is 4.26. The number of halogens is 3. The molecular weight excluding hydrogens is 381 g/mol. The molecule has 6 nitrogen and oxygen atoms in total. The van der Waals surface area contributed by atoms with Crippen LogP contribution >= 0.6 is 0 Å². The molecule has 0 amide bonds. The number of rotatable bonds is 6. The maximum atomic E-state index is 13.5. The molecule has 0 radical (unpaired) electrons. The number of nitrogens with zero attached hydrogens (tertiary/aromatic N) is 3. The molecule has 2 heterocycles. The number of alkyl halides is 3. The Balaban J connectivity index is 2.03. The quantitative estimate of drug-likeness (QED) is 0.641. The molecule has 0 aliphatic heterocycles. The highest BCUT2D eigenvalue weighted by Gasteiger charge is 2.38. The zero-order valence-electron chi connectivity index (χ0n) is 14.6. The maximum Gasteiger partial charge on any atom is 0.449 e. The first-order chi connectivity index (χ1) is 12.6. The zero-order chi connectivity index (χ0) is 19.8. The smallest absolute Gasteiger partial charge is 0.382 e. The van der Waals surface area contributed by atoms with Crippen LogP contribution in [0.25, 0.3) is 21.9 Å². The number of benzene rings is 1. The number of anilines is 1. The van der Waals surface area contributed by atoms with Crippen molar-refractivity contribution in [2.45, 2.75) is 32.0 Å². The first-order valence-electron chi connectivity index (χ1n) is 8.37. The number of fused-ring (bicyclic) bond motifs is 3.